The van der Waals surface area contributed by atoms with Crippen molar-refractivity contribution in [1.29, 1.82) is 0 Å². The van der Waals surface area contributed by atoms with E-state index in [0.29, 0.717) is 35.5 Å². The van der Waals surface area contributed by atoms with Gasteiger partial charge in [0.1, 0.15) is 0 Å². The molecule has 2 unspecified atom stereocenters. The van der Waals surface area contributed by atoms with Gasteiger partial charge in [-0.25, -0.2) is 9.13 Å². The molecule has 14 heteroatoms. The van der Waals surface area contributed by atoms with Gasteiger partial charge in [0.2, 0.25) is 0 Å². The summed E-state index contributed by atoms with van der Waals surface area (Å²) in [4.78, 5) is 19.9. The highest BCUT2D eigenvalue weighted by molar-refractivity contribution is 7.47. The van der Waals surface area contributed by atoms with E-state index in [1.807, 2.05) is 0 Å². The number of fused-ring (bicyclic) bond motifs is 5. The fourth-order valence-corrected chi connectivity index (χ4v) is 11.7. The molecule has 4 saturated carbocycles. The molecule has 12 atom stereocenters. The first kappa shape index (κ1) is 38.9. The Morgan fingerprint density at radius 3 is 2.00 bits per heavy atom. The molecule has 0 aliphatic heterocycles. The normalized spacial score (nSPS) is 39.1. The van der Waals surface area contributed by atoms with Gasteiger partial charge in [0, 0.05) is 5.41 Å². The van der Waals surface area contributed by atoms with E-state index >= 15 is 0 Å². The second kappa shape index (κ2) is 16.8. The maximum Gasteiger partial charge on any atom is 0.472 e. The highest BCUT2D eigenvalue weighted by Gasteiger charge is 2.66. The zero-order chi connectivity index (χ0) is 33.6. The Bertz CT molecular complexity index is 1050. The predicted octanol–water partition coefficient (Wildman–Crippen LogP) is 5.71. The van der Waals surface area contributed by atoms with Crippen LogP contribution in [0.5, 0.6) is 0 Å². The van der Waals surface area contributed by atoms with Gasteiger partial charge in [-0.15, -0.1) is 0 Å². The zero-order valence-corrected chi connectivity index (χ0v) is 30.1. The number of ether oxygens (including phenoxy) is 2. The molecule has 0 aromatic rings. The zero-order valence-electron chi connectivity index (χ0n) is 28.3. The fraction of sp³-hybridized carbons (Fsp3) is 1.00. The highest BCUT2D eigenvalue weighted by Crippen LogP contribution is 2.69. The van der Waals surface area contributed by atoms with Gasteiger partial charge in [-0.1, -0.05) is 53.4 Å². The van der Waals surface area contributed by atoms with Crippen LogP contribution in [-0.4, -0.2) is 85.1 Å². The van der Waals surface area contributed by atoms with Crippen LogP contribution in [0.15, 0.2) is 0 Å². The molecule has 0 spiro atoms. The minimum absolute atomic E-state index is 0.000930. The molecule has 46 heavy (non-hydrogen) atoms. The standard InChI is InChI=1S/C32H60O12P2/c1-5-8-23(2)25-10-11-26-30-27(22-29(32(25,26)4)40-18-20-44-46(37,38)42-16-14-34)31(3)12-7-6-9-24(31)21-28(30)39-17-19-43-45(35,36)41-15-13-33/h23-30,33-34H,5-22H2,1-4H3,(H,35,36)(H,37,38)/t23-,24+,25-,26+,27+,28-,29+,30+,31+,32-/m1/s1. The molecule has 0 bridgehead atoms. The van der Waals surface area contributed by atoms with Crippen LogP contribution in [-0.2, 0) is 36.7 Å². The smallest absolute Gasteiger partial charge is 0.394 e. The predicted molar refractivity (Wildman–Crippen MR) is 172 cm³/mol. The van der Waals surface area contributed by atoms with Gasteiger partial charge in [0.05, 0.1) is 65.1 Å². The molecule has 0 amide bonds. The molecule has 4 aliphatic carbocycles. The van der Waals surface area contributed by atoms with Crippen molar-refractivity contribution in [3.8, 4) is 0 Å². The summed E-state index contributed by atoms with van der Waals surface area (Å²) in [5.74, 6) is 2.55. The molecule has 4 N–H and O–H groups in total. The lowest BCUT2D eigenvalue weighted by atomic mass is 9.43. The molecule has 0 aromatic carbocycles. The minimum atomic E-state index is -4.27. The summed E-state index contributed by atoms with van der Waals surface area (Å²) in [6.45, 7) is 8.39. The van der Waals surface area contributed by atoms with E-state index in [9.17, 15) is 18.9 Å². The summed E-state index contributed by atoms with van der Waals surface area (Å²) in [7, 11) is -8.52. The summed E-state index contributed by atoms with van der Waals surface area (Å²) >= 11 is 0. The first-order chi connectivity index (χ1) is 21.8. The number of phosphoric ester groups is 2. The molecule has 4 aliphatic rings. The van der Waals surface area contributed by atoms with E-state index in [1.165, 1.54) is 19.3 Å². The number of hydrogen-bond acceptors (Lipinski definition) is 10. The van der Waals surface area contributed by atoms with E-state index in [4.69, 9.17) is 37.8 Å². The summed E-state index contributed by atoms with van der Waals surface area (Å²) < 4.78 is 57.6. The van der Waals surface area contributed by atoms with Crippen molar-refractivity contribution in [2.24, 2.45) is 46.3 Å². The summed E-state index contributed by atoms with van der Waals surface area (Å²) in [6, 6.07) is 0. The second-order valence-corrected chi connectivity index (χ2v) is 17.4. The third-order valence-corrected chi connectivity index (χ3v) is 14.2. The lowest BCUT2D eigenvalue weighted by Crippen LogP contribution is -2.62. The van der Waals surface area contributed by atoms with Crippen LogP contribution in [0.3, 0.4) is 0 Å². The topological polar surface area (TPSA) is 170 Å². The molecule has 12 nitrogen and oxygen atoms in total. The molecule has 0 aromatic heterocycles. The van der Waals surface area contributed by atoms with E-state index in [0.717, 1.165) is 44.9 Å². The largest absolute Gasteiger partial charge is 0.472 e. The summed E-state index contributed by atoms with van der Waals surface area (Å²) in [5.41, 5.74) is 0.0324. The van der Waals surface area contributed by atoms with E-state index in [1.54, 1.807) is 0 Å². The molecule has 0 radical (unpaired) electrons. The average Bonchev–Trinajstić information content (AvgIpc) is 3.37. The Balaban J connectivity index is 1.56. The maximum atomic E-state index is 12.2. The van der Waals surface area contributed by atoms with Gasteiger partial charge in [-0.2, -0.15) is 0 Å². The Morgan fingerprint density at radius 1 is 0.783 bits per heavy atom. The molecular formula is C32H60O12P2. The lowest BCUT2D eigenvalue weighted by molar-refractivity contribution is -0.223. The lowest BCUT2D eigenvalue weighted by Gasteiger charge is -2.64. The number of hydrogen-bond donors (Lipinski definition) is 4. The molecule has 4 rings (SSSR count). The monoisotopic (exact) mass is 698 g/mol. The Kier molecular flexibility index (Phi) is 14.2. The van der Waals surface area contributed by atoms with Crippen LogP contribution in [0.2, 0.25) is 0 Å². The minimum Gasteiger partial charge on any atom is -0.394 e. The Morgan fingerprint density at radius 2 is 1.39 bits per heavy atom. The van der Waals surface area contributed by atoms with E-state index in [-0.39, 0.29) is 75.9 Å². The van der Waals surface area contributed by atoms with Crippen LogP contribution in [0, 0.1) is 46.3 Å². The van der Waals surface area contributed by atoms with Crippen molar-refractivity contribution in [2.75, 3.05) is 52.9 Å². The van der Waals surface area contributed by atoms with E-state index in [2.05, 4.69) is 27.7 Å². The van der Waals surface area contributed by atoms with Gasteiger partial charge in [-0.3, -0.25) is 18.1 Å². The number of rotatable bonds is 19. The average molecular weight is 699 g/mol. The van der Waals surface area contributed by atoms with Gasteiger partial charge in [-0.05, 0) is 79.4 Å². The van der Waals surface area contributed by atoms with Crippen LogP contribution >= 0.6 is 15.6 Å². The van der Waals surface area contributed by atoms with Gasteiger partial charge < -0.3 is 29.5 Å². The van der Waals surface area contributed by atoms with Crippen molar-refractivity contribution in [3.05, 3.63) is 0 Å². The van der Waals surface area contributed by atoms with Crippen molar-refractivity contribution in [2.45, 2.75) is 104 Å². The Hall–Kier alpha value is 0.0600. The van der Waals surface area contributed by atoms with Crippen molar-refractivity contribution in [3.63, 3.8) is 0 Å². The molecule has 0 saturated heterocycles. The second-order valence-electron chi connectivity index (χ2n) is 14.5. The molecule has 0 heterocycles. The third kappa shape index (κ3) is 8.85. The van der Waals surface area contributed by atoms with E-state index < -0.39 is 15.6 Å². The van der Waals surface area contributed by atoms with Crippen LogP contribution in [0.4, 0.5) is 0 Å². The van der Waals surface area contributed by atoms with Crippen molar-refractivity contribution >= 4 is 15.6 Å². The van der Waals surface area contributed by atoms with Gasteiger partial charge in [0.15, 0.2) is 0 Å². The van der Waals surface area contributed by atoms with Gasteiger partial charge in [0.25, 0.3) is 0 Å². The first-order valence-corrected chi connectivity index (χ1v) is 20.5. The Labute approximate surface area is 275 Å². The van der Waals surface area contributed by atoms with Crippen molar-refractivity contribution in [1.82, 2.24) is 0 Å². The van der Waals surface area contributed by atoms with Crippen molar-refractivity contribution < 1.29 is 56.7 Å². The molecular weight excluding hydrogens is 638 g/mol. The number of aliphatic hydroxyl groups is 2. The SMILES string of the molecule is CCC[C@@H](C)[C@H]1CC[C@H]2[C@@H]3[C@H](OCCOP(=O)(O)OCCO)C[C@@H]4CCCC[C@]4(C)[C@H]3C[C@H](OCCOP(=O)(O)OCCO)[C@]12C. The number of aliphatic hydroxyl groups excluding tert-OH is 2. The van der Waals surface area contributed by atoms with Crippen LogP contribution < -0.4 is 0 Å². The maximum absolute atomic E-state index is 12.2. The fourth-order valence-electron chi connectivity index (χ4n) is 10.3. The molecule has 270 valence electrons. The third-order valence-electron chi connectivity index (χ3n) is 12.2. The van der Waals surface area contributed by atoms with Gasteiger partial charge >= 0.3 is 15.6 Å². The number of phosphoric acid groups is 2. The summed E-state index contributed by atoms with van der Waals surface area (Å²) in [6.07, 6.45) is 11.0. The van der Waals surface area contributed by atoms with Crippen LogP contribution in [0.25, 0.3) is 0 Å². The first-order valence-electron chi connectivity index (χ1n) is 17.5. The summed E-state index contributed by atoms with van der Waals surface area (Å²) in [5, 5.41) is 17.9. The van der Waals surface area contributed by atoms with Crippen LogP contribution in [0.1, 0.15) is 91.9 Å². The highest BCUT2D eigenvalue weighted by atomic mass is 31.2. The molecule has 4 fully saturated rings. The quantitative estimate of drug-likeness (QED) is 0.0958.